The van der Waals surface area contributed by atoms with Gasteiger partial charge in [-0.15, -0.1) is 0 Å². The summed E-state index contributed by atoms with van der Waals surface area (Å²) >= 11 is 0. The predicted molar refractivity (Wildman–Crippen MR) is 144 cm³/mol. The summed E-state index contributed by atoms with van der Waals surface area (Å²) in [6.07, 6.45) is -0.927. The topological polar surface area (TPSA) is 89.8 Å². The summed E-state index contributed by atoms with van der Waals surface area (Å²) in [6.45, 7) is 8.18. The van der Waals surface area contributed by atoms with Crippen molar-refractivity contribution in [3.05, 3.63) is 94.7 Å². The maximum absolute atomic E-state index is 13.1. The first-order chi connectivity index (χ1) is 17.7. The van der Waals surface area contributed by atoms with Gasteiger partial charge in [0.15, 0.2) is 6.10 Å². The average Bonchev–Trinajstić information content (AvgIpc) is 3.13. The summed E-state index contributed by atoms with van der Waals surface area (Å²) in [6, 6.07) is 20.7. The van der Waals surface area contributed by atoms with Gasteiger partial charge in [-0.2, -0.15) is 0 Å². The lowest BCUT2D eigenvalue weighted by Gasteiger charge is -2.15. The first kappa shape index (κ1) is 25.8. The molecule has 4 aromatic rings. The third-order valence-corrected chi connectivity index (χ3v) is 6.76. The van der Waals surface area contributed by atoms with Crippen molar-refractivity contribution in [1.29, 1.82) is 0 Å². The highest BCUT2D eigenvalue weighted by molar-refractivity contribution is 5.99. The lowest BCUT2D eigenvalue weighted by molar-refractivity contribution is -0.144. The standard InChI is InChI=1S/C30H32N2O5/c1-18-20(3)32(17-22-7-6-8-26(15-22)37-21(4)30(34)35)28-14-11-24(16-27(18)28)29(33)31-19(2)23-9-12-25(36-5)13-10-23/h6-16,19,21H,17H2,1-5H3,(H,31,33)(H,34,35)/t19-,21?/m0/s1. The highest BCUT2D eigenvalue weighted by Gasteiger charge is 2.17. The van der Waals surface area contributed by atoms with E-state index in [1.165, 1.54) is 6.92 Å². The van der Waals surface area contributed by atoms with E-state index < -0.39 is 12.1 Å². The van der Waals surface area contributed by atoms with Crippen LogP contribution in [0.5, 0.6) is 11.5 Å². The van der Waals surface area contributed by atoms with Crippen molar-refractivity contribution in [3.8, 4) is 11.5 Å². The fraction of sp³-hybridized carbons (Fsp3) is 0.267. The van der Waals surface area contributed by atoms with Gasteiger partial charge < -0.3 is 24.5 Å². The first-order valence-corrected chi connectivity index (χ1v) is 12.2. The molecule has 0 fully saturated rings. The second-order valence-electron chi connectivity index (χ2n) is 9.24. The first-order valence-electron chi connectivity index (χ1n) is 12.2. The van der Waals surface area contributed by atoms with Gasteiger partial charge >= 0.3 is 5.97 Å². The Morgan fingerprint density at radius 2 is 1.70 bits per heavy atom. The number of rotatable bonds is 9. The van der Waals surface area contributed by atoms with Gasteiger partial charge in [0.05, 0.1) is 13.2 Å². The minimum Gasteiger partial charge on any atom is -0.497 e. The Hall–Kier alpha value is -4.26. The van der Waals surface area contributed by atoms with E-state index in [1.54, 1.807) is 13.2 Å². The molecule has 0 spiro atoms. The van der Waals surface area contributed by atoms with E-state index in [0.29, 0.717) is 17.9 Å². The highest BCUT2D eigenvalue weighted by atomic mass is 16.5. The Balaban J connectivity index is 1.55. The Kier molecular flexibility index (Phi) is 7.53. The van der Waals surface area contributed by atoms with Gasteiger partial charge in [0, 0.05) is 28.7 Å². The minimum atomic E-state index is -1.01. The molecule has 4 rings (SSSR count). The van der Waals surface area contributed by atoms with Crippen LogP contribution in [-0.2, 0) is 11.3 Å². The van der Waals surface area contributed by atoms with Gasteiger partial charge in [-0.25, -0.2) is 4.79 Å². The molecule has 0 aliphatic carbocycles. The molecule has 0 saturated heterocycles. The van der Waals surface area contributed by atoms with Crippen LogP contribution < -0.4 is 14.8 Å². The number of fused-ring (bicyclic) bond motifs is 1. The summed E-state index contributed by atoms with van der Waals surface area (Å²) in [5.74, 6) is 0.152. The molecule has 1 unspecified atom stereocenters. The van der Waals surface area contributed by atoms with Crippen molar-refractivity contribution in [1.82, 2.24) is 9.88 Å². The van der Waals surface area contributed by atoms with E-state index in [0.717, 1.165) is 39.0 Å². The lowest BCUT2D eigenvalue weighted by atomic mass is 10.1. The van der Waals surface area contributed by atoms with Gasteiger partial charge in [-0.05, 0) is 86.8 Å². The van der Waals surface area contributed by atoms with Gasteiger partial charge in [0.25, 0.3) is 5.91 Å². The number of carboxylic acids is 1. The van der Waals surface area contributed by atoms with Crippen LogP contribution in [-0.4, -0.2) is 34.8 Å². The Bertz CT molecular complexity index is 1440. The van der Waals surface area contributed by atoms with Crippen LogP contribution in [0.25, 0.3) is 10.9 Å². The van der Waals surface area contributed by atoms with Crippen molar-refractivity contribution < 1.29 is 24.2 Å². The number of carbonyl (C=O) groups excluding carboxylic acids is 1. The highest BCUT2D eigenvalue weighted by Crippen LogP contribution is 2.28. The molecular weight excluding hydrogens is 468 g/mol. The predicted octanol–water partition coefficient (Wildman–Crippen LogP) is 5.66. The van der Waals surface area contributed by atoms with E-state index >= 15 is 0 Å². The van der Waals surface area contributed by atoms with Crippen molar-refractivity contribution in [2.45, 2.75) is 46.4 Å². The number of aliphatic carboxylic acids is 1. The molecule has 0 bridgehead atoms. The molecule has 7 nitrogen and oxygen atoms in total. The Morgan fingerprint density at radius 3 is 2.38 bits per heavy atom. The minimum absolute atomic E-state index is 0.132. The van der Waals surface area contributed by atoms with Crippen LogP contribution in [0.4, 0.5) is 0 Å². The number of ether oxygens (including phenoxy) is 2. The van der Waals surface area contributed by atoms with Crippen LogP contribution in [0.1, 0.15) is 52.6 Å². The zero-order valence-corrected chi connectivity index (χ0v) is 21.7. The van der Waals surface area contributed by atoms with Crippen LogP contribution in [0.2, 0.25) is 0 Å². The van der Waals surface area contributed by atoms with Crippen molar-refractivity contribution in [2.24, 2.45) is 0 Å². The molecule has 2 atom stereocenters. The zero-order valence-electron chi connectivity index (χ0n) is 21.7. The molecule has 7 heteroatoms. The number of hydrogen-bond donors (Lipinski definition) is 2. The van der Waals surface area contributed by atoms with Crippen LogP contribution in [0.3, 0.4) is 0 Å². The molecule has 0 aliphatic rings. The zero-order chi connectivity index (χ0) is 26.7. The van der Waals surface area contributed by atoms with Crippen LogP contribution in [0.15, 0.2) is 66.7 Å². The summed E-state index contributed by atoms with van der Waals surface area (Å²) in [4.78, 5) is 24.2. The number of amides is 1. The quantitative estimate of drug-likeness (QED) is 0.310. The molecule has 1 aromatic heterocycles. The molecule has 192 valence electrons. The van der Waals surface area contributed by atoms with Gasteiger partial charge in [-0.3, -0.25) is 4.79 Å². The van der Waals surface area contributed by atoms with Gasteiger partial charge in [-0.1, -0.05) is 24.3 Å². The van der Waals surface area contributed by atoms with E-state index in [9.17, 15) is 9.59 Å². The normalized spacial score (nSPS) is 12.7. The largest absolute Gasteiger partial charge is 0.497 e. The fourth-order valence-electron chi connectivity index (χ4n) is 4.40. The lowest BCUT2D eigenvalue weighted by Crippen LogP contribution is -2.26. The number of carbonyl (C=O) groups is 2. The monoisotopic (exact) mass is 500 g/mol. The third-order valence-electron chi connectivity index (χ3n) is 6.76. The summed E-state index contributed by atoms with van der Waals surface area (Å²) in [5, 5.41) is 13.2. The summed E-state index contributed by atoms with van der Waals surface area (Å²) in [7, 11) is 1.63. The van der Waals surface area contributed by atoms with Crippen molar-refractivity contribution >= 4 is 22.8 Å². The molecule has 1 heterocycles. The smallest absolute Gasteiger partial charge is 0.344 e. The summed E-state index contributed by atoms with van der Waals surface area (Å²) in [5.41, 5.74) is 5.83. The molecule has 3 aromatic carbocycles. The number of nitrogens with zero attached hydrogens (tertiary/aromatic N) is 1. The molecule has 37 heavy (non-hydrogen) atoms. The van der Waals surface area contributed by atoms with E-state index in [2.05, 4.69) is 23.7 Å². The molecule has 0 saturated carbocycles. The van der Waals surface area contributed by atoms with Crippen LogP contribution in [0, 0.1) is 13.8 Å². The number of hydrogen-bond acceptors (Lipinski definition) is 4. The number of carboxylic acid groups (broad SMARTS) is 1. The third kappa shape index (κ3) is 5.61. The Morgan fingerprint density at radius 1 is 0.973 bits per heavy atom. The summed E-state index contributed by atoms with van der Waals surface area (Å²) < 4.78 is 12.9. The number of benzene rings is 3. The molecule has 1 amide bonds. The van der Waals surface area contributed by atoms with Gasteiger partial charge in [0.1, 0.15) is 11.5 Å². The Labute approximate surface area is 216 Å². The number of methoxy groups -OCH3 is 1. The van der Waals surface area contributed by atoms with Gasteiger partial charge in [0.2, 0.25) is 0 Å². The average molecular weight is 501 g/mol. The van der Waals surface area contributed by atoms with E-state index in [1.807, 2.05) is 67.6 Å². The molecule has 2 N–H and O–H groups in total. The fourth-order valence-corrected chi connectivity index (χ4v) is 4.40. The maximum Gasteiger partial charge on any atom is 0.344 e. The van der Waals surface area contributed by atoms with E-state index in [-0.39, 0.29) is 11.9 Å². The van der Waals surface area contributed by atoms with Crippen LogP contribution >= 0.6 is 0 Å². The second-order valence-corrected chi connectivity index (χ2v) is 9.24. The molecular formula is C30H32N2O5. The molecule has 0 radical (unpaired) electrons. The number of nitrogens with one attached hydrogen (secondary N) is 1. The number of aromatic nitrogens is 1. The van der Waals surface area contributed by atoms with E-state index in [4.69, 9.17) is 14.6 Å². The number of aryl methyl sites for hydroxylation is 1. The maximum atomic E-state index is 13.1. The second kappa shape index (κ2) is 10.8. The molecule has 0 aliphatic heterocycles. The SMILES string of the molecule is COc1ccc([C@H](C)NC(=O)c2ccc3c(c2)c(C)c(C)n3Cc2cccc(OC(C)C(=O)O)c2)cc1. The van der Waals surface area contributed by atoms with Crippen molar-refractivity contribution in [2.75, 3.05) is 7.11 Å². The van der Waals surface area contributed by atoms with Crippen molar-refractivity contribution in [3.63, 3.8) is 0 Å².